The van der Waals surface area contributed by atoms with Gasteiger partial charge in [0.15, 0.2) is 0 Å². The Labute approximate surface area is 133 Å². The Morgan fingerprint density at radius 2 is 2.14 bits per heavy atom. The highest BCUT2D eigenvalue weighted by Gasteiger charge is 2.20. The lowest BCUT2D eigenvalue weighted by atomic mass is 10.2. The number of hydrogen-bond acceptors (Lipinski definition) is 3. The molecule has 1 aliphatic carbocycles. The monoisotopic (exact) mass is 312 g/mol. The predicted octanol–water partition coefficient (Wildman–Crippen LogP) is 3.14. The molecule has 0 bridgehead atoms. The second-order valence-electron chi connectivity index (χ2n) is 5.47. The summed E-state index contributed by atoms with van der Waals surface area (Å²) in [6.07, 6.45) is 3.54. The molecule has 1 aliphatic rings. The molecule has 118 valence electrons. The quantitative estimate of drug-likeness (QED) is 0.775. The topological polar surface area (TPSA) is 50.4 Å². The minimum absolute atomic E-state index is 0. The Morgan fingerprint density at radius 3 is 2.81 bits per heavy atom. The highest BCUT2D eigenvalue weighted by Crippen LogP contribution is 2.27. The number of halogens is 1. The van der Waals surface area contributed by atoms with Crippen molar-refractivity contribution in [3.63, 3.8) is 0 Å². The van der Waals surface area contributed by atoms with E-state index in [1.165, 1.54) is 12.8 Å². The molecular formula is C16H25ClN2O2. The van der Waals surface area contributed by atoms with Crippen LogP contribution in [0.25, 0.3) is 0 Å². The van der Waals surface area contributed by atoms with Crippen LogP contribution >= 0.6 is 12.4 Å². The lowest BCUT2D eigenvalue weighted by molar-refractivity contribution is -0.115. The Hall–Kier alpha value is -1.26. The van der Waals surface area contributed by atoms with Gasteiger partial charge >= 0.3 is 0 Å². The van der Waals surface area contributed by atoms with Crippen molar-refractivity contribution in [2.45, 2.75) is 33.1 Å². The fourth-order valence-corrected chi connectivity index (χ4v) is 1.97. The van der Waals surface area contributed by atoms with Crippen LogP contribution in [0.5, 0.6) is 5.75 Å². The fourth-order valence-electron chi connectivity index (χ4n) is 1.97. The molecule has 1 aromatic rings. The molecule has 0 heterocycles. The lowest BCUT2D eigenvalue weighted by Crippen LogP contribution is -2.29. The summed E-state index contributed by atoms with van der Waals surface area (Å²) < 4.78 is 5.69. The zero-order valence-corrected chi connectivity index (χ0v) is 13.6. The van der Waals surface area contributed by atoms with Gasteiger partial charge in [-0.05, 0) is 56.3 Å². The predicted molar refractivity (Wildman–Crippen MR) is 88.4 cm³/mol. The third-order valence-electron chi connectivity index (χ3n) is 3.29. The first-order valence-corrected chi connectivity index (χ1v) is 7.43. The highest BCUT2D eigenvalue weighted by atomic mass is 35.5. The van der Waals surface area contributed by atoms with Gasteiger partial charge < -0.3 is 15.4 Å². The molecule has 1 aromatic carbocycles. The number of aryl methyl sites for hydroxylation is 1. The largest absolute Gasteiger partial charge is 0.491 e. The molecule has 0 atom stereocenters. The summed E-state index contributed by atoms with van der Waals surface area (Å²) in [4.78, 5) is 11.9. The van der Waals surface area contributed by atoms with Crippen LogP contribution in [0.2, 0.25) is 0 Å². The highest BCUT2D eigenvalue weighted by molar-refractivity contribution is 5.93. The van der Waals surface area contributed by atoms with Gasteiger partial charge in [-0.3, -0.25) is 4.79 Å². The molecule has 1 saturated carbocycles. The van der Waals surface area contributed by atoms with E-state index in [4.69, 9.17) is 4.74 Å². The minimum atomic E-state index is -0.0177. The maximum atomic E-state index is 11.9. The fraction of sp³-hybridized carbons (Fsp3) is 0.562. The normalized spacial score (nSPS) is 13.4. The Balaban J connectivity index is 0.00000220. The van der Waals surface area contributed by atoms with Gasteiger partial charge in [0.2, 0.25) is 5.91 Å². The van der Waals surface area contributed by atoms with E-state index < -0.39 is 0 Å². The molecule has 2 rings (SSSR count). The van der Waals surface area contributed by atoms with Gasteiger partial charge in [-0.15, -0.1) is 12.4 Å². The molecule has 5 heteroatoms. The molecule has 1 fully saturated rings. The van der Waals surface area contributed by atoms with Gasteiger partial charge in [0.1, 0.15) is 5.75 Å². The molecule has 0 radical (unpaired) electrons. The first-order chi connectivity index (χ1) is 9.69. The first-order valence-electron chi connectivity index (χ1n) is 7.43. The average Bonchev–Trinajstić information content (AvgIpc) is 3.23. The van der Waals surface area contributed by atoms with Gasteiger partial charge in [0, 0.05) is 0 Å². The summed E-state index contributed by atoms with van der Waals surface area (Å²) >= 11 is 0. The van der Waals surface area contributed by atoms with E-state index >= 15 is 0 Å². The molecular weight excluding hydrogens is 288 g/mol. The second kappa shape index (κ2) is 8.90. The van der Waals surface area contributed by atoms with E-state index in [9.17, 15) is 4.79 Å². The molecule has 0 spiro atoms. The van der Waals surface area contributed by atoms with Crippen LogP contribution in [0, 0.1) is 12.8 Å². The van der Waals surface area contributed by atoms with Gasteiger partial charge in [-0.25, -0.2) is 0 Å². The van der Waals surface area contributed by atoms with Gasteiger partial charge in [0.05, 0.1) is 18.8 Å². The van der Waals surface area contributed by atoms with E-state index in [2.05, 4.69) is 17.6 Å². The van der Waals surface area contributed by atoms with Crippen LogP contribution < -0.4 is 15.4 Å². The molecule has 0 unspecified atom stereocenters. The zero-order chi connectivity index (χ0) is 14.4. The van der Waals surface area contributed by atoms with Crippen LogP contribution in [0.4, 0.5) is 5.69 Å². The third kappa shape index (κ3) is 6.36. The van der Waals surface area contributed by atoms with Crippen LogP contribution in [0.1, 0.15) is 31.7 Å². The van der Waals surface area contributed by atoms with Crippen molar-refractivity contribution in [2.75, 3.05) is 25.0 Å². The molecule has 0 aliphatic heterocycles. The van der Waals surface area contributed by atoms with Crippen molar-refractivity contribution < 1.29 is 9.53 Å². The Morgan fingerprint density at radius 1 is 1.38 bits per heavy atom. The third-order valence-corrected chi connectivity index (χ3v) is 3.29. The zero-order valence-electron chi connectivity index (χ0n) is 12.8. The number of rotatable bonds is 8. The number of amides is 1. The van der Waals surface area contributed by atoms with Gasteiger partial charge in [-0.2, -0.15) is 0 Å². The number of carbonyl (C=O) groups excluding carboxylic acids is 1. The second-order valence-corrected chi connectivity index (χ2v) is 5.47. The molecule has 0 saturated heterocycles. The van der Waals surface area contributed by atoms with Crippen molar-refractivity contribution in [3.8, 4) is 5.75 Å². The Bertz CT molecular complexity index is 462. The SMILES string of the molecule is CCCOc1cc(C)ccc1NC(=O)CNCC1CC1.Cl. The smallest absolute Gasteiger partial charge is 0.238 e. The number of ether oxygens (including phenoxy) is 1. The summed E-state index contributed by atoms with van der Waals surface area (Å²) in [5.41, 5.74) is 1.88. The number of hydrogen-bond donors (Lipinski definition) is 2. The molecule has 4 nitrogen and oxygen atoms in total. The maximum Gasteiger partial charge on any atom is 0.238 e. The molecule has 0 aromatic heterocycles. The van der Waals surface area contributed by atoms with Gasteiger partial charge in [0.25, 0.3) is 0 Å². The lowest BCUT2D eigenvalue weighted by Gasteiger charge is -2.13. The summed E-state index contributed by atoms with van der Waals surface area (Å²) in [5, 5.41) is 6.10. The van der Waals surface area contributed by atoms with Crippen molar-refractivity contribution in [2.24, 2.45) is 5.92 Å². The van der Waals surface area contributed by atoms with Crippen molar-refractivity contribution in [1.82, 2.24) is 5.32 Å². The van der Waals surface area contributed by atoms with E-state index in [1.54, 1.807) is 0 Å². The van der Waals surface area contributed by atoms with Crippen molar-refractivity contribution in [1.29, 1.82) is 0 Å². The van der Waals surface area contributed by atoms with Crippen molar-refractivity contribution >= 4 is 24.0 Å². The van der Waals surface area contributed by atoms with E-state index in [-0.39, 0.29) is 18.3 Å². The van der Waals surface area contributed by atoms with Crippen LogP contribution in [0.3, 0.4) is 0 Å². The van der Waals surface area contributed by atoms with Crippen LogP contribution in [0.15, 0.2) is 18.2 Å². The van der Waals surface area contributed by atoms with Gasteiger partial charge in [-0.1, -0.05) is 13.0 Å². The summed E-state index contributed by atoms with van der Waals surface area (Å²) in [6.45, 7) is 6.04. The minimum Gasteiger partial charge on any atom is -0.491 e. The van der Waals surface area contributed by atoms with Crippen molar-refractivity contribution in [3.05, 3.63) is 23.8 Å². The van der Waals surface area contributed by atoms with E-state index in [1.807, 2.05) is 25.1 Å². The number of benzene rings is 1. The van der Waals surface area contributed by atoms with E-state index in [0.29, 0.717) is 13.2 Å². The molecule has 1 amide bonds. The molecule has 2 N–H and O–H groups in total. The number of carbonyl (C=O) groups is 1. The van der Waals surface area contributed by atoms with E-state index in [0.717, 1.165) is 35.9 Å². The molecule has 21 heavy (non-hydrogen) atoms. The van der Waals surface area contributed by atoms with Crippen LogP contribution in [-0.2, 0) is 4.79 Å². The maximum absolute atomic E-state index is 11.9. The standard InChI is InChI=1S/C16H24N2O2.ClH/c1-3-8-20-15-9-12(2)4-7-14(15)18-16(19)11-17-10-13-5-6-13;/h4,7,9,13,17H,3,5-6,8,10-11H2,1-2H3,(H,18,19);1H. The summed E-state index contributed by atoms with van der Waals surface area (Å²) in [5.74, 6) is 1.52. The number of nitrogens with one attached hydrogen (secondary N) is 2. The number of anilines is 1. The Kier molecular flexibility index (Phi) is 7.54. The summed E-state index contributed by atoms with van der Waals surface area (Å²) in [6, 6.07) is 5.84. The average molecular weight is 313 g/mol. The first kappa shape index (κ1) is 17.8. The summed E-state index contributed by atoms with van der Waals surface area (Å²) in [7, 11) is 0. The van der Waals surface area contributed by atoms with Crippen LogP contribution in [-0.4, -0.2) is 25.6 Å².